The van der Waals surface area contributed by atoms with Gasteiger partial charge in [-0.25, -0.2) is 0 Å². The molecule has 1 aliphatic heterocycles. The van der Waals surface area contributed by atoms with Crippen molar-refractivity contribution in [3.8, 4) is 0 Å². The molecule has 1 aliphatic rings. The van der Waals surface area contributed by atoms with Gasteiger partial charge in [-0.1, -0.05) is 0 Å². The number of carbonyl (C=O) groups is 1. The van der Waals surface area contributed by atoms with Crippen molar-refractivity contribution in [1.29, 1.82) is 0 Å². The lowest BCUT2D eigenvalue weighted by atomic mass is 10.3. The zero-order valence-corrected chi connectivity index (χ0v) is 11.3. The van der Waals surface area contributed by atoms with E-state index in [-0.39, 0.29) is 11.9 Å². The highest BCUT2D eigenvalue weighted by Crippen LogP contribution is 2.15. The van der Waals surface area contributed by atoms with Gasteiger partial charge in [0, 0.05) is 29.4 Å². The molecule has 1 aromatic heterocycles. The summed E-state index contributed by atoms with van der Waals surface area (Å²) < 4.78 is 0. The third-order valence-electron chi connectivity index (χ3n) is 3.17. The first-order valence-corrected chi connectivity index (χ1v) is 7.06. The van der Waals surface area contributed by atoms with Crippen molar-refractivity contribution in [1.82, 2.24) is 10.2 Å². The quantitative estimate of drug-likeness (QED) is 0.890. The molecule has 1 atom stereocenters. The minimum Gasteiger partial charge on any atom is -0.341 e. The molecular weight excluding hydrogens is 232 g/mol. The maximum atomic E-state index is 12.0. The maximum absolute atomic E-state index is 12.0. The number of amides is 1. The minimum atomic E-state index is -0.0736. The van der Waals surface area contributed by atoms with Crippen molar-refractivity contribution in [2.24, 2.45) is 0 Å². The molecule has 1 amide bonds. The zero-order chi connectivity index (χ0) is 12.3. The molecule has 94 valence electrons. The highest BCUT2D eigenvalue weighted by molar-refractivity contribution is 7.11. The molecule has 1 saturated heterocycles. The van der Waals surface area contributed by atoms with Crippen LogP contribution in [0.25, 0.3) is 0 Å². The van der Waals surface area contributed by atoms with E-state index in [2.05, 4.69) is 24.4 Å². The van der Waals surface area contributed by atoms with Crippen LogP contribution >= 0.6 is 11.3 Å². The molecule has 0 saturated carbocycles. The number of carbonyl (C=O) groups excluding carboxylic acids is 1. The third-order valence-corrected chi connectivity index (χ3v) is 4.17. The van der Waals surface area contributed by atoms with Gasteiger partial charge in [0.2, 0.25) is 5.91 Å². The number of hydrogen-bond acceptors (Lipinski definition) is 3. The van der Waals surface area contributed by atoms with Crippen LogP contribution in [0, 0.1) is 6.92 Å². The monoisotopic (exact) mass is 252 g/mol. The van der Waals surface area contributed by atoms with Gasteiger partial charge in [-0.05, 0) is 38.8 Å². The molecule has 2 heterocycles. The number of aryl methyl sites for hydroxylation is 1. The second kappa shape index (κ2) is 5.65. The van der Waals surface area contributed by atoms with E-state index < -0.39 is 0 Å². The normalized spacial score (nSPS) is 17.4. The molecule has 0 radical (unpaired) electrons. The van der Waals surface area contributed by atoms with Gasteiger partial charge in [-0.2, -0.15) is 0 Å². The smallest absolute Gasteiger partial charge is 0.239 e. The molecule has 0 aliphatic carbocycles. The summed E-state index contributed by atoms with van der Waals surface area (Å²) in [6.45, 7) is 6.72. The number of nitrogens with zero attached hydrogens (tertiary/aromatic N) is 1. The third kappa shape index (κ3) is 3.30. The number of thiophene rings is 1. The SMILES string of the molecule is Cc1ccc(CNC(C)C(=O)N2CCCC2)s1. The highest BCUT2D eigenvalue weighted by Gasteiger charge is 2.22. The number of hydrogen-bond donors (Lipinski definition) is 1. The van der Waals surface area contributed by atoms with E-state index >= 15 is 0 Å². The molecule has 3 nitrogen and oxygen atoms in total. The number of rotatable bonds is 4. The Hall–Kier alpha value is -0.870. The minimum absolute atomic E-state index is 0.0736. The van der Waals surface area contributed by atoms with Crippen LogP contribution in [0.4, 0.5) is 0 Å². The van der Waals surface area contributed by atoms with Crippen LogP contribution < -0.4 is 5.32 Å². The first kappa shape index (κ1) is 12.6. The van der Waals surface area contributed by atoms with Gasteiger partial charge in [0.05, 0.1) is 6.04 Å². The Labute approximate surface area is 107 Å². The van der Waals surface area contributed by atoms with Crippen LogP contribution in [-0.4, -0.2) is 29.9 Å². The molecule has 0 aromatic carbocycles. The Morgan fingerprint density at radius 2 is 2.18 bits per heavy atom. The van der Waals surface area contributed by atoms with Crippen LogP contribution in [0.3, 0.4) is 0 Å². The Kier molecular flexibility index (Phi) is 4.18. The van der Waals surface area contributed by atoms with Gasteiger partial charge in [-0.3, -0.25) is 4.79 Å². The summed E-state index contributed by atoms with van der Waals surface area (Å²) in [6, 6.07) is 4.17. The Morgan fingerprint density at radius 3 is 2.76 bits per heavy atom. The van der Waals surface area contributed by atoms with Crippen LogP contribution in [0.2, 0.25) is 0 Å². The van der Waals surface area contributed by atoms with Gasteiger partial charge in [0.15, 0.2) is 0 Å². The summed E-state index contributed by atoms with van der Waals surface area (Å²) >= 11 is 1.79. The molecule has 2 rings (SSSR count). The van der Waals surface area contributed by atoms with Crippen molar-refractivity contribution in [2.75, 3.05) is 13.1 Å². The lowest BCUT2D eigenvalue weighted by Crippen LogP contribution is -2.43. The molecular formula is C13H20N2OS. The molecule has 1 N–H and O–H groups in total. The molecule has 0 spiro atoms. The Bertz CT molecular complexity index is 383. The fourth-order valence-corrected chi connectivity index (χ4v) is 2.97. The van der Waals surface area contributed by atoms with Crippen molar-refractivity contribution in [3.63, 3.8) is 0 Å². The van der Waals surface area contributed by atoms with E-state index in [1.54, 1.807) is 11.3 Å². The largest absolute Gasteiger partial charge is 0.341 e. The molecule has 4 heteroatoms. The fourth-order valence-electron chi connectivity index (χ4n) is 2.13. The van der Waals surface area contributed by atoms with Crippen molar-refractivity contribution < 1.29 is 4.79 Å². The van der Waals surface area contributed by atoms with Crippen molar-refractivity contribution >= 4 is 17.2 Å². The summed E-state index contributed by atoms with van der Waals surface area (Å²) in [5, 5.41) is 3.31. The molecule has 1 aromatic rings. The Morgan fingerprint density at radius 1 is 1.47 bits per heavy atom. The molecule has 17 heavy (non-hydrogen) atoms. The first-order valence-electron chi connectivity index (χ1n) is 6.24. The van der Waals surface area contributed by atoms with E-state index in [0.717, 1.165) is 32.5 Å². The molecule has 1 fully saturated rings. The summed E-state index contributed by atoms with van der Waals surface area (Å²) in [5.74, 6) is 0.246. The van der Waals surface area contributed by atoms with E-state index in [1.807, 2.05) is 11.8 Å². The second-order valence-corrected chi connectivity index (χ2v) is 6.02. The maximum Gasteiger partial charge on any atom is 0.239 e. The molecule has 1 unspecified atom stereocenters. The van der Waals surface area contributed by atoms with Crippen LogP contribution in [0.1, 0.15) is 29.5 Å². The zero-order valence-electron chi connectivity index (χ0n) is 10.5. The standard InChI is InChI=1S/C13H20N2OS/c1-10-5-6-12(17-10)9-14-11(2)13(16)15-7-3-4-8-15/h5-6,11,14H,3-4,7-9H2,1-2H3. The fraction of sp³-hybridized carbons (Fsp3) is 0.615. The predicted molar refractivity (Wildman–Crippen MR) is 71.2 cm³/mol. The summed E-state index contributed by atoms with van der Waals surface area (Å²) in [4.78, 5) is 16.6. The van der Waals surface area contributed by atoms with Crippen LogP contribution in [0.15, 0.2) is 12.1 Å². The van der Waals surface area contributed by atoms with Crippen LogP contribution in [0.5, 0.6) is 0 Å². The predicted octanol–water partition coefficient (Wildman–Crippen LogP) is 2.16. The lowest BCUT2D eigenvalue weighted by molar-refractivity contribution is -0.131. The van der Waals surface area contributed by atoms with Gasteiger partial charge in [0.25, 0.3) is 0 Å². The Balaban J connectivity index is 1.80. The topological polar surface area (TPSA) is 32.3 Å². The van der Waals surface area contributed by atoms with Gasteiger partial charge in [0.1, 0.15) is 0 Å². The second-order valence-electron chi connectivity index (χ2n) is 4.65. The first-order chi connectivity index (χ1) is 8.16. The van der Waals surface area contributed by atoms with E-state index in [0.29, 0.717) is 0 Å². The number of nitrogens with one attached hydrogen (secondary N) is 1. The van der Waals surface area contributed by atoms with Gasteiger partial charge in [-0.15, -0.1) is 11.3 Å². The van der Waals surface area contributed by atoms with E-state index in [4.69, 9.17) is 0 Å². The lowest BCUT2D eigenvalue weighted by Gasteiger charge is -2.20. The van der Waals surface area contributed by atoms with Gasteiger partial charge < -0.3 is 10.2 Å². The van der Waals surface area contributed by atoms with E-state index in [1.165, 1.54) is 9.75 Å². The average Bonchev–Trinajstić information content (AvgIpc) is 2.95. The summed E-state index contributed by atoms with van der Waals surface area (Å²) in [7, 11) is 0. The number of likely N-dealkylation sites (tertiary alicyclic amines) is 1. The highest BCUT2D eigenvalue weighted by atomic mass is 32.1. The average molecular weight is 252 g/mol. The van der Waals surface area contributed by atoms with E-state index in [9.17, 15) is 4.79 Å². The van der Waals surface area contributed by atoms with Crippen molar-refractivity contribution in [3.05, 3.63) is 21.9 Å². The summed E-state index contributed by atoms with van der Waals surface area (Å²) in [6.07, 6.45) is 2.31. The van der Waals surface area contributed by atoms with Gasteiger partial charge >= 0.3 is 0 Å². The van der Waals surface area contributed by atoms with Crippen LogP contribution in [-0.2, 0) is 11.3 Å². The summed E-state index contributed by atoms with van der Waals surface area (Å²) in [5.41, 5.74) is 0. The molecule has 0 bridgehead atoms. The van der Waals surface area contributed by atoms with Crippen molar-refractivity contribution in [2.45, 2.75) is 39.3 Å².